The van der Waals surface area contributed by atoms with Gasteiger partial charge in [0, 0.05) is 6.42 Å². The molecule has 1 amide bonds. The molecule has 0 saturated carbocycles. The Hall–Kier alpha value is -2.08. The highest BCUT2D eigenvalue weighted by molar-refractivity contribution is 5.82. The Morgan fingerprint density at radius 3 is 2.45 bits per heavy atom. The number of carbonyl (C=O) groups excluding carboxylic acids is 1. The molecule has 0 radical (unpaired) electrons. The van der Waals surface area contributed by atoms with Gasteiger partial charge in [-0.05, 0) is 38.3 Å². The van der Waals surface area contributed by atoms with Gasteiger partial charge in [0.2, 0.25) is 5.91 Å². The van der Waals surface area contributed by atoms with Gasteiger partial charge in [-0.25, -0.2) is 0 Å². The number of para-hydroxylation sites is 1. The molecule has 0 spiro atoms. The molecular weight excluding hydrogens is 284 g/mol. The molecule has 0 aliphatic rings. The zero-order chi connectivity index (χ0) is 16.7. The lowest BCUT2D eigenvalue weighted by Crippen LogP contribution is -2.46. The molecule has 0 aliphatic heterocycles. The van der Waals surface area contributed by atoms with Crippen LogP contribution in [0.15, 0.2) is 18.2 Å². The second kappa shape index (κ2) is 8.38. The van der Waals surface area contributed by atoms with Crippen molar-refractivity contribution in [3.8, 4) is 5.75 Å². The number of nitrogens with two attached hydrogens (primary N) is 1. The predicted octanol–water partition coefficient (Wildman–Crippen LogP) is 1.38. The smallest absolute Gasteiger partial charge is 0.303 e. The highest BCUT2D eigenvalue weighted by Gasteiger charge is 2.17. The van der Waals surface area contributed by atoms with E-state index in [0.717, 1.165) is 16.9 Å². The molecule has 0 saturated heterocycles. The second-order valence-corrected chi connectivity index (χ2v) is 5.48. The van der Waals surface area contributed by atoms with Gasteiger partial charge in [0.05, 0.1) is 12.1 Å². The lowest BCUT2D eigenvalue weighted by Gasteiger charge is -2.19. The Kier molecular flexibility index (Phi) is 6.85. The van der Waals surface area contributed by atoms with E-state index in [9.17, 15) is 9.59 Å². The Labute approximate surface area is 130 Å². The third-order valence-corrected chi connectivity index (χ3v) is 3.28. The molecule has 1 aromatic carbocycles. The molecule has 1 aromatic rings. The summed E-state index contributed by atoms with van der Waals surface area (Å²) in [6.45, 7) is 6.07. The normalized spacial score (nSPS) is 13.3. The van der Waals surface area contributed by atoms with E-state index in [1.165, 1.54) is 0 Å². The number of rotatable bonds is 8. The predicted molar refractivity (Wildman–Crippen MR) is 83.9 cm³/mol. The summed E-state index contributed by atoms with van der Waals surface area (Å²) in [5.41, 5.74) is 7.73. The zero-order valence-corrected chi connectivity index (χ0v) is 13.3. The fraction of sp³-hybridized carbons (Fsp3) is 0.500. The minimum atomic E-state index is -0.963. The fourth-order valence-electron chi connectivity index (χ4n) is 2.04. The number of carbonyl (C=O) groups is 2. The molecule has 6 nitrogen and oxygen atoms in total. The van der Waals surface area contributed by atoms with E-state index in [1.54, 1.807) is 0 Å². The fourth-order valence-corrected chi connectivity index (χ4v) is 2.04. The maximum absolute atomic E-state index is 11.8. The van der Waals surface area contributed by atoms with Gasteiger partial charge in [-0.3, -0.25) is 9.59 Å². The highest BCUT2D eigenvalue weighted by Crippen LogP contribution is 2.22. The summed E-state index contributed by atoms with van der Waals surface area (Å²) in [6, 6.07) is 4.85. The average Bonchev–Trinajstić information content (AvgIpc) is 2.44. The van der Waals surface area contributed by atoms with Crippen molar-refractivity contribution in [2.24, 2.45) is 5.73 Å². The summed E-state index contributed by atoms with van der Waals surface area (Å²) in [6.07, 6.45) is -0.00643. The quantitative estimate of drug-likeness (QED) is 0.673. The number of amides is 1. The largest absolute Gasteiger partial charge is 0.491 e. The van der Waals surface area contributed by atoms with E-state index in [4.69, 9.17) is 15.6 Å². The number of hydrogen-bond acceptors (Lipinski definition) is 4. The summed E-state index contributed by atoms with van der Waals surface area (Å²) in [4.78, 5) is 22.3. The summed E-state index contributed by atoms with van der Waals surface area (Å²) in [5.74, 6) is -0.507. The van der Waals surface area contributed by atoms with Crippen LogP contribution >= 0.6 is 0 Å². The van der Waals surface area contributed by atoms with Crippen LogP contribution in [0.5, 0.6) is 5.75 Å². The summed E-state index contributed by atoms with van der Waals surface area (Å²) < 4.78 is 5.76. The van der Waals surface area contributed by atoms with Crippen LogP contribution < -0.4 is 15.8 Å². The van der Waals surface area contributed by atoms with Crippen molar-refractivity contribution in [1.29, 1.82) is 0 Å². The first-order valence-electron chi connectivity index (χ1n) is 7.28. The molecule has 2 unspecified atom stereocenters. The topological polar surface area (TPSA) is 102 Å². The van der Waals surface area contributed by atoms with Crippen LogP contribution in [0.25, 0.3) is 0 Å². The van der Waals surface area contributed by atoms with Crippen LogP contribution in [0.2, 0.25) is 0 Å². The highest BCUT2D eigenvalue weighted by atomic mass is 16.5. The minimum Gasteiger partial charge on any atom is -0.491 e. The van der Waals surface area contributed by atoms with Gasteiger partial charge < -0.3 is 20.9 Å². The van der Waals surface area contributed by atoms with E-state index in [2.05, 4.69) is 5.32 Å². The molecule has 1 rings (SSSR count). The van der Waals surface area contributed by atoms with Gasteiger partial charge in [-0.2, -0.15) is 0 Å². The Morgan fingerprint density at radius 2 is 1.91 bits per heavy atom. The number of aryl methyl sites for hydroxylation is 2. The van der Waals surface area contributed by atoms with Crippen LogP contribution in [0.1, 0.15) is 30.9 Å². The molecule has 0 heterocycles. The molecule has 0 aromatic heterocycles. The monoisotopic (exact) mass is 308 g/mol. The molecule has 0 fully saturated rings. The van der Waals surface area contributed by atoms with Crippen molar-refractivity contribution in [3.63, 3.8) is 0 Å². The first-order chi connectivity index (χ1) is 10.3. The Morgan fingerprint density at radius 1 is 1.32 bits per heavy atom. The number of nitrogens with one attached hydrogen (secondary N) is 1. The standard InChI is InChI=1S/C16H24N2O4/c1-10-5-4-6-11(2)15(10)22-9-12(3)18-16(21)13(17)7-8-14(19)20/h4-6,12-13H,7-9,17H2,1-3H3,(H,18,21)(H,19,20). The van der Waals surface area contributed by atoms with Gasteiger partial charge in [0.15, 0.2) is 0 Å². The molecule has 0 bridgehead atoms. The lowest BCUT2D eigenvalue weighted by molar-refractivity contribution is -0.137. The molecular formula is C16H24N2O4. The number of hydrogen-bond donors (Lipinski definition) is 3. The van der Waals surface area contributed by atoms with Gasteiger partial charge in [0.25, 0.3) is 0 Å². The second-order valence-electron chi connectivity index (χ2n) is 5.48. The molecule has 6 heteroatoms. The van der Waals surface area contributed by atoms with Crippen molar-refractivity contribution >= 4 is 11.9 Å². The molecule has 0 aliphatic carbocycles. The van der Waals surface area contributed by atoms with Crippen LogP contribution in [-0.4, -0.2) is 35.7 Å². The third kappa shape index (κ3) is 5.73. The van der Waals surface area contributed by atoms with Crippen molar-refractivity contribution in [1.82, 2.24) is 5.32 Å². The molecule has 22 heavy (non-hydrogen) atoms. The maximum Gasteiger partial charge on any atom is 0.303 e. The first kappa shape index (κ1) is 18.0. The van der Waals surface area contributed by atoms with Gasteiger partial charge in [-0.1, -0.05) is 18.2 Å². The van der Waals surface area contributed by atoms with Gasteiger partial charge in [-0.15, -0.1) is 0 Å². The Balaban J connectivity index is 2.44. The van der Waals surface area contributed by atoms with Gasteiger partial charge in [0.1, 0.15) is 12.4 Å². The number of aliphatic carboxylic acids is 1. The van der Waals surface area contributed by atoms with Crippen molar-refractivity contribution in [2.75, 3.05) is 6.61 Å². The zero-order valence-electron chi connectivity index (χ0n) is 13.3. The van der Waals surface area contributed by atoms with Crippen LogP contribution in [0, 0.1) is 13.8 Å². The van der Waals surface area contributed by atoms with E-state index in [1.807, 2.05) is 39.0 Å². The minimum absolute atomic E-state index is 0.117. The number of benzene rings is 1. The molecule has 2 atom stereocenters. The maximum atomic E-state index is 11.8. The summed E-state index contributed by atoms with van der Waals surface area (Å²) in [5, 5.41) is 11.3. The van der Waals surface area contributed by atoms with Crippen LogP contribution in [0.4, 0.5) is 0 Å². The third-order valence-electron chi connectivity index (χ3n) is 3.28. The van der Waals surface area contributed by atoms with E-state index < -0.39 is 12.0 Å². The van der Waals surface area contributed by atoms with E-state index >= 15 is 0 Å². The van der Waals surface area contributed by atoms with Crippen LogP contribution in [-0.2, 0) is 9.59 Å². The number of ether oxygens (including phenoxy) is 1. The molecule has 122 valence electrons. The Bertz CT molecular complexity index is 511. The molecule has 4 N–H and O–H groups in total. The number of carboxylic acids is 1. The average molecular weight is 308 g/mol. The summed E-state index contributed by atoms with van der Waals surface area (Å²) in [7, 11) is 0. The lowest BCUT2D eigenvalue weighted by atomic mass is 10.1. The first-order valence-corrected chi connectivity index (χ1v) is 7.28. The SMILES string of the molecule is Cc1cccc(C)c1OCC(C)NC(=O)C(N)CCC(=O)O. The van der Waals surface area contributed by atoms with Crippen molar-refractivity contribution in [3.05, 3.63) is 29.3 Å². The van der Waals surface area contributed by atoms with Crippen molar-refractivity contribution < 1.29 is 19.4 Å². The van der Waals surface area contributed by atoms with Crippen LogP contribution in [0.3, 0.4) is 0 Å². The van der Waals surface area contributed by atoms with E-state index in [-0.39, 0.29) is 24.8 Å². The van der Waals surface area contributed by atoms with Crippen molar-refractivity contribution in [2.45, 2.75) is 45.7 Å². The van der Waals surface area contributed by atoms with Gasteiger partial charge >= 0.3 is 5.97 Å². The number of carboxylic acid groups (broad SMARTS) is 1. The van der Waals surface area contributed by atoms with E-state index in [0.29, 0.717) is 6.61 Å². The summed E-state index contributed by atoms with van der Waals surface area (Å²) >= 11 is 0.